The Kier molecular flexibility index (Phi) is 5.67. The van der Waals surface area contributed by atoms with Crippen molar-refractivity contribution < 1.29 is 9.84 Å². The number of piperidine rings is 1. The summed E-state index contributed by atoms with van der Waals surface area (Å²) < 4.78 is 5.80. The van der Waals surface area contributed by atoms with E-state index >= 15 is 0 Å². The number of ether oxygens (including phenoxy) is 1. The molecule has 3 heteroatoms. The maximum absolute atomic E-state index is 9.17. The zero-order chi connectivity index (χ0) is 13.5. The SMILES string of the molecule is CCCOc1ccccc1CN1CCC(CO)CC1. The highest BCUT2D eigenvalue weighted by Gasteiger charge is 2.19. The molecule has 0 aromatic heterocycles. The number of benzene rings is 1. The van der Waals surface area contributed by atoms with Crippen LogP contribution in [0.5, 0.6) is 5.75 Å². The van der Waals surface area contributed by atoms with Crippen LogP contribution in [0.3, 0.4) is 0 Å². The number of aliphatic hydroxyl groups excluding tert-OH is 1. The monoisotopic (exact) mass is 263 g/mol. The van der Waals surface area contributed by atoms with E-state index in [0.29, 0.717) is 12.5 Å². The Morgan fingerprint density at radius 1 is 1.26 bits per heavy atom. The molecule has 1 saturated heterocycles. The van der Waals surface area contributed by atoms with Crippen molar-refractivity contribution in [2.75, 3.05) is 26.3 Å². The lowest BCUT2D eigenvalue weighted by molar-refractivity contribution is 0.126. The highest BCUT2D eigenvalue weighted by atomic mass is 16.5. The van der Waals surface area contributed by atoms with E-state index in [1.165, 1.54) is 5.56 Å². The number of rotatable bonds is 6. The Morgan fingerprint density at radius 2 is 2.00 bits per heavy atom. The van der Waals surface area contributed by atoms with Crippen molar-refractivity contribution in [3.63, 3.8) is 0 Å². The third-order valence-corrected chi connectivity index (χ3v) is 3.79. The highest BCUT2D eigenvalue weighted by molar-refractivity contribution is 5.33. The van der Waals surface area contributed by atoms with Gasteiger partial charge >= 0.3 is 0 Å². The molecule has 2 rings (SSSR count). The fraction of sp³-hybridized carbons (Fsp3) is 0.625. The zero-order valence-electron chi connectivity index (χ0n) is 11.8. The van der Waals surface area contributed by atoms with Crippen molar-refractivity contribution in [2.45, 2.75) is 32.7 Å². The number of likely N-dealkylation sites (tertiary alicyclic amines) is 1. The molecular weight excluding hydrogens is 238 g/mol. The minimum atomic E-state index is 0.337. The molecule has 1 heterocycles. The molecule has 0 saturated carbocycles. The molecule has 1 aliphatic heterocycles. The van der Waals surface area contributed by atoms with Crippen molar-refractivity contribution >= 4 is 0 Å². The van der Waals surface area contributed by atoms with Crippen LogP contribution in [0.4, 0.5) is 0 Å². The van der Waals surface area contributed by atoms with Crippen molar-refractivity contribution in [3.05, 3.63) is 29.8 Å². The second-order valence-corrected chi connectivity index (χ2v) is 5.36. The molecule has 0 radical (unpaired) electrons. The quantitative estimate of drug-likeness (QED) is 0.856. The summed E-state index contributed by atoms with van der Waals surface area (Å²) in [6, 6.07) is 8.33. The van der Waals surface area contributed by atoms with E-state index in [-0.39, 0.29) is 0 Å². The average molecular weight is 263 g/mol. The third-order valence-electron chi connectivity index (χ3n) is 3.79. The standard InChI is InChI=1S/C16H25NO2/c1-2-11-19-16-6-4-3-5-15(16)12-17-9-7-14(13-18)8-10-17/h3-6,14,18H,2,7-13H2,1H3. The summed E-state index contributed by atoms with van der Waals surface area (Å²) in [4.78, 5) is 2.46. The number of aliphatic hydroxyl groups is 1. The lowest BCUT2D eigenvalue weighted by atomic mass is 9.97. The van der Waals surface area contributed by atoms with E-state index in [2.05, 4.69) is 30.0 Å². The molecule has 1 N–H and O–H groups in total. The van der Waals surface area contributed by atoms with Gasteiger partial charge in [0.1, 0.15) is 5.75 Å². The van der Waals surface area contributed by atoms with E-state index < -0.39 is 0 Å². The summed E-state index contributed by atoms with van der Waals surface area (Å²) in [6.07, 6.45) is 3.25. The first-order chi connectivity index (χ1) is 9.33. The number of hydrogen-bond donors (Lipinski definition) is 1. The van der Waals surface area contributed by atoms with Crippen LogP contribution in [0.2, 0.25) is 0 Å². The number of hydrogen-bond acceptors (Lipinski definition) is 3. The topological polar surface area (TPSA) is 32.7 Å². The zero-order valence-corrected chi connectivity index (χ0v) is 11.8. The van der Waals surface area contributed by atoms with Crippen LogP contribution < -0.4 is 4.74 Å². The Morgan fingerprint density at radius 3 is 2.68 bits per heavy atom. The fourth-order valence-corrected chi connectivity index (χ4v) is 2.56. The molecule has 0 aliphatic carbocycles. The molecule has 1 aliphatic rings. The van der Waals surface area contributed by atoms with Crippen molar-refractivity contribution in [1.29, 1.82) is 0 Å². The summed E-state index contributed by atoms with van der Waals surface area (Å²) in [5, 5.41) is 9.17. The Bertz CT molecular complexity index is 373. The van der Waals surface area contributed by atoms with Gasteiger partial charge in [-0.3, -0.25) is 4.90 Å². The number of para-hydroxylation sites is 1. The summed E-state index contributed by atoms with van der Waals surface area (Å²) in [5.41, 5.74) is 1.28. The van der Waals surface area contributed by atoms with Gasteiger partial charge in [0, 0.05) is 18.7 Å². The summed E-state index contributed by atoms with van der Waals surface area (Å²) in [7, 11) is 0. The maximum atomic E-state index is 9.17. The van der Waals surface area contributed by atoms with Gasteiger partial charge in [-0.05, 0) is 44.3 Å². The van der Waals surface area contributed by atoms with Gasteiger partial charge in [-0.15, -0.1) is 0 Å². The first-order valence-electron chi connectivity index (χ1n) is 7.37. The fourth-order valence-electron chi connectivity index (χ4n) is 2.56. The molecule has 3 nitrogen and oxygen atoms in total. The third kappa shape index (κ3) is 4.22. The molecule has 106 valence electrons. The predicted octanol–water partition coefficient (Wildman–Crippen LogP) is 2.68. The number of nitrogens with zero attached hydrogens (tertiary/aromatic N) is 1. The van der Waals surface area contributed by atoms with Crippen LogP contribution in [0.1, 0.15) is 31.7 Å². The van der Waals surface area contributed by atoms with E-state index in [9.17, 15) is 0 Å². The molecular formula is C16H25NO2. The Balaban J connectivity index is 1.91. The van der Waals surface area contributed by atoms with Gasteiger partial charge < -0.3 is 9.84 Å². The van der Waals surface area contributed by atoms with Gasteiger partial charge in [0.15, 0.2) is 0 Å². The molecule has 0 unspecified atom stereocenters. The minimum Gasteiger partial charge on any atom is -0.493 e. The van der Waals surface area contributed by atoms with Crippen molar-refractivity contribution in [1.82, 2.24) is 4.90 Å². The normalized spacial score (nSPS) is 17.6. The van der Waals surface area contributed by atoms with Crippen molar-refractivity contribution in [3.8, 4) is 5.75 Å². The van der Waals surface area contributed by atoms with Crippen LogP contribution in [-0.4, -0.2) is 36.3 Å². The van der Waals surface area contributed by atoms with Crippen LogP contribution in [0.25, 0.3) is 0 Å². The van der Waals surface area contributed by atoms with E-state index in [4.69, 9.17) is 9.84 Å². The maximum Gasteiger partial charge on any atom is 0.123 e. The van der Waals surface area contributed by atoms with E-state index in [1.807, 2.05) is 6.07 Å². The van der Waals surface area contributed by atoms with Gasteiger partial charge in [-0.2, -0.15) is 0 Å². The van der Waals surface area contributed by atoms with Gasteiger partial charge in [-0.1, -0.05) is 25.1 Å². The summed E-state index contributed by atoms with van der Waals surface area (Å²) in [5.74, 6) is 1.52. The van der Waals surface area contributed by atoms with Crippen LogP contribution in [0, 0.1) is 5.92 Å². The first kappa shape index (κ1) is 14.4. The highest BCUT2D eigenvalue weighted by Crippen LogP contribution is 2.23. The first-order valence-corrected chi connectivity index (χ1v) is 7.37. The summed E-state index contributed by atoms with van der Waals surface area (Å²) >= 11 is 0. The second-order valence-electron chi connectivity index (χ2n) is 5.36. The van der Waals surface area contributed by atoms with Gasteiger partial charge in [0.25, 0.3) is 0 Å². The molecule has 0 atom stereocenters. The molecule has 1 aromatic carbocycles. The molecule has 0 bridgehead atoms. The van der Waals surface area contributed by atoms with E-state index in [0.717, 1.165) is 51.3 Å². The van der Waals surface area contributed by atoms with E-state index in [1.54, 1.807) is 0 Å². The lowest BCUT2D eigenvalue weighted by Crippen LogP contribution is -2.34. The van der Waals surface area contributed by atoms with Crippen LogP contribution >= 0.6 is 0 Å². The van der Waals surface area contributed by atoms with Crippen LogP contribution in [-0.2, 0) is 6.54 Å². The molecule has 19 heavy (non-hydrogen) atoms. The van der Waals surface area contributed by atoms with Gasteiger partial charge in [-0.25, -0.2) is 0 Å². The molecule has 0 spiro atoms. The summed E-state index contributed by atoms with van der Waals surface area (Å²) in [6.45, 7) is 6.36. The predicted molar refractivity (Wildman–Crippen MR) is 77.3 cm³/mol. The second kappa shape index (κ2) is 7.51. The molecule has 0 amide bonds. The minimum absolute atomic E-state index is 0.337. The smallest absolute Gasteiger partial charge is 0.123 e. The molecule has 1 aromatic rings. The van der Waals surface area contributed by atoms with Gasteiger partial charge in [0.05, 0.1) is 6.61 Å². The Hall–Kier alpha value is -1.06. The Labute approximate surface area is 116 Å². The van der Waals surface area contributed by atoms with Crippen LogP contribution in [0.15, 0.2) is 24.3 Å². The lowest BCUT2D eigenvalue weighted by Gasteiger charge is -2.31. The van der Waals surface area contributed by atoms with Gasteiger partial charge in [0.2, 0.25) is 0 Å². The largest absolute Gasteiger partial charge is 0.493 e. The van der Waals surface area contributed by atoms with Crippen molar-refractivity contribution in [2.24, 2.45) is 5.92 Å². The average Bonchev–Trinajstić information content (AvgIpc) is 2.47. The molecule has 1 fully saturated rings.